The van der Waals surface area contributed by atoms with Gasteiger partial charge < -0.3 is 10.8 Å². The molecule has 1 aromatic carbocycles. The summed E-state index contributed by atoms with van der Waals surface area (Å²) in [5.74, 6) is -0.462. The maximum atomic E-state index is 10.9. The summed E-state index contributed by atoms with van der Waals surface area (Å²) < 4.78 is 0. The highest BCUT2D eigenvalue weighted by molar-refractivity contribution is 5.89. The Morgan fingerprint density at radius 2 is 2.14 bits per heavy atom. The van der Waals surface area contributed by atoms with Crippen LogP contribution in [0.3, 0.4) is 0 Å². The molecule has 0 saturated carbocycles. The normalized spacial score (nSPS) is 10.5. The fourth-order valence-electron chi connectivity index (χ4n) is 1.43. The van der Waals surface area contributed by atoms with Gasteiger partial charge in [0.15, 0.2) is 0 Å². The van der Waals surface area contributed by atoms with Gasteiger partial charge in [0.1, 0.15) is 0 Å². The zero-order valence-corrected chi connectivity index (χ0v) is 8.45. The van der Waals surface area contributed by atoms with Crippen molar-refractivity contribution in [3.8, 4) is 0 Å². The van der Waals surface area contributed by atoms with Crippen molar-refractivity contribution in [2.75, 3.05) is 5.73 Å². The third kappa shape index (κ3) is 2.49. The topological polar surface area (TPSA) is 63.3 Å². The number of nitrogen functional groups attached to an aromatic ring is 1. The second-order valence-corrected chi connectivity index (χ2v) is 3.82. The van der Waals surface area contributed by atoms with Crippen molar-refractivity contribution in [3.63, 3.8) is 0 Å². The maximum absolute atomic E-state index is 10.9. The molecule has 0 bridgehead atoms. The molecule has 76 valence electrons. The molecule has 0 unspecified atom stereocenters. The molecule has 0 spiro atoms. The lowest BCUT2D eigenvalue weighted by Crippen LogP contribution is -2.06. The molecule has 0 radical (unpaired) electrons. The van der Waals surface area contributed by atoms with Crippen LogP contribution in [-0.2, 0) is 6.42 Å². The zero-order valence-electron chi connectivity index (χ0n) is 8.45. The van der Waals surface area contributed by atoms with Crippen LogP contribution in [0.2, 0.25) is 0 Å². The number of rotatable bonds is 3. The molecule has 0 aromatic heterocycles. The van der Waals surface area contributed by atoms with Gasteiger partial charge >= 0.3 is 5.97 Å². The SMILES string of the molecule is CC(C)Cc1cc(N)ccc1C(=O)O. The van der Waals surface area contributed by atoms with Gasteiger partial charge in [-0.1, -0.05) is 13.8 Å². The lowest BCUT2D eigenvalue weighted by molar-refractivity contribution is 0.0695. The van der Waals surface area contributed by atoms with Crippen LogP contribution < -0.4 is 5.73 Å². The Morgan fingerprint density at radius 3 is 2.64 bits per heavy atom. The van der Waals surface area contributed by atoms with Crippen molar-refractivity contribution in [1.29, 1.82) is 0 Å². The van der Waals surface area contributed by atoms with Crippen LogP contribution in [0, 0.1) is 5.92 Å². The molecule has 0 aliphatic heterocycles. The van der Waals surface area contributed by atoms with E-state index in [0.29, 0.717) is 17.2 Å². The van der Waals surface area contributed by atoms with Crippen molar-refractivity contribution in [2.24, 2.45) is 5.92 Å². The van der Waals surface area contributed by atoms with E-state index in [2.05, 4.69) is 13.8 Å². The quantitative estimate of drug-likeness (QED) is 0.723. The first-order chi connectivity index (χ1) is 6.50. The van der Waals surface area contributed by atoms with E-state index in [9.17, 15) is 4.79 Å². The highest BCUT2D eigenvalue weighted by Crippen LogP contribution is 2.17. The van der Waals surface area contributed by atoms with E-state index in [-0.39, 0.29) is 0 Å². The van der Waals surface area contributed by atoms with Crippen LogP contribution in [0.15, 0.2) is 18.2 Å². The number of carbonyl (C=O) groups is 1. The summed E-state index contributed by atoms with van der Waals surface area (Å²) in [7, 11) is 0. The summed E-state index contributed by atoms with van der Waals surface area (Å²) in [5, 5.41) is 8.93. The summed E-state index contributed by atoms with van der Waals surface area (Å²) in [6.07, 6.45) is 0.743. The zero-order chi connectivity index (χ0) is 10.7. The van der Waals surface area contributed by atoms with Gasteiger partial charge in [0, 0.05) is 5.69 Å². The molecule has 0 amide bonds. The number of carboxylic acid groups (broad SMARTS) is 1. The number of hydrogen-bond acceptors (Lipinski definition) is 2. The Hall–Kier alpha value is -1.51. The van der Waals surface area contributed by atoms with Crippen molar-refractivity contribution in [3.05, 3.63) is 29.3 Å². The number of anilines is 1. The smallest absolute Gasteiger partial charge is 0.335 e. The molecule has 0 atom stereocenters. The van der Waals surface area contributed by atoms with Gasteiger partial charge in [-0.25, -0.2) is 4.79 Å². The average Bonchev–Trinajstić information content (AvgIpc) is 2.01. The molecule has 1 aromatic rings. The molecule has 3 nitrogen and oxygen atoms in total. The Bertz CT molecular complexity index is 345. The molecule has 0 saturated heterocycles. The van der Waals surface area contributed by atoms with Gasteiger partial charge in [-0.3, -0.25) is 0 Å². The number of carboxylic acids is 1. The van der Waals surface area contributed by atoms with E-state index in [1.54, 1.807) is 18.2 Å². The van der Waals surface area contributed by atoms with E-state index in [1.165, 1.54) is 0 Å². The molecular weight excluding hydrogens is 178 g/mol. The van der Waals surface area contributed by atoms with Gasteiger partial charge in [-0.2, -0.15) is 0 Å². The van der Waals surface area contributed by atoms with E-state index < -0.39 is 5.97 Å². The standard InChI is InChI=1S/C11H15NO2/c1-7(2)5-8-6-9(12)3-4-10(8)11(13)14/h3-4,6-7H,5,12H2,1-2H3,(H,13,14). The first-order valence-electron chi connectivity index (χ1n) is 4.62. The fourth-order valence-corrected chi connectivity index (χ4v) is 1.43. The fraction of sp³-hybridized carbons (Fsp3) is 0.364. The predicted octanol–water partition coefficient (Wildman–Crippen LogP) is 2.17. The number of hydrogen-bond donors (Lipinski definition) is 2. The predicted molar refractivity (Wildman–Crippen MR) is 56.4 cm³/mol. The molecule has 14 heavy (non-hydrogen) atoms. The van der Waals surface area contributed by atoms with Gasteiger partial charge in [0.05, 0.1) is 5.56 Å². The molecular formula is C11H15NO2. The first-order valence-corrected chi connectivity index (χ1v) is 4.62. The minimum atomic E-state index is -0.888. The molecule has 0 aliphatic rings. The van der Waals surface area contributed by atoms with Gasteiger partial charge in [0.25, 0.3) is 0 Å². The van der Waals surface area contributed by atoms with E-state index in [1.807, 2.05) is 0 Å². The Kier molecular flexibility index (Phi) is 3.12. The number of aromatic carboxylic acids is 1. The summed E-state index contributed by atoms with van der Waals surface area (Å²) in [6.45, 7) is 4.10. The van der Waals surface area contributed by atoms with Gasteiger partial charge in [-0.15, -0.1) is 0 Å². The van der Waals surface area contributed by atoms with Crippen LogP contribution in [0.25, 0.3) is 0 Å². The lowest BCUT2D eigenvalue weighted by atomic mass is 9.97. The van der Waals surface area contributed by atoms with Gasteiger partial charge in [0.2, 0.25) is 0 Å². The number of benzene rings is 1. The monoisotopic (exact) mass is 193 g/mol. The highest BCUT2D eigenvalue weighted by Gasteiger charge is 2.10. The third-order valence-corrected chi connectivity index (χ3v) is 1.99. The van der Waals surface area contributed by atoms with Crippen LogP contribution in [-0.4, -0.2) is 11.1 Å². The molecule has 1 rings (SSSR count). The highest BCUT2D eigenvalue weighted by atomic mass is 16.4. The van der Waals surface area contributed by atoms with Gasteiger partial charge in [-0.05, 0) is 36.1 Å². The molecule has 0 aliphatic carbocycles. The van der Waals surface area contributed by atoms with Crippen LogP contribution in [0.1, 0.15) is 29.8 Å². The van der Waals surface area contributed by atoms with Crippen LogP contribution >= 0.6 is 0 Å². The summed E-state index contributed by atoms with van der Waals surface area (Å²) in [4.78, 5) is 10.9. The van der Waals surface area contributed by atoms with Crippen molar-refractivity contribution in [1.82, 2.24) is 0 Å². The first kappa shape index (κ1) is 10.6. The summed E-state index contributed by atoms with van der Waals surface area (Å²) >= 11 is 0. The molecule has 0 fully saturated rings. The summed E-state index contributed by atoms with van der Waals surface area (Å²) in [6, 6.07) is 4.92. The molecule has 3 heteroatoms. The van der Waals surface area contributed by atoms with Crippen LogP contribution in [0.4, 0.5) is 5.69 Å². The second-order valence-electron chi connectivity index (χ2n) is 3.82. The number of nitrogens with two attached hydrogens (primary N) is 1. The van der Waals surface area contributed by atoms with Crippen molar-refractivity contribution in [2.45, 2.75) is 20.3 Å². The van der Waals surface area contributed by atoms with Crippen molar-refractivity contribution >= 4 is 11.7 Å². The van der Waals surface area contributed by atoms with E-state index in [0.717, 1.165) is 12.0 Å². The minimum absolute atomic E-state index is 0.355. The third-order valence-electron chi connectivity index (χ3n) is 1.99. The molecule has 0 heterocycles. The largest absolute Gasteiger partial charge is 0.478 e. The Morgan fingerprint density at radius 1 is 1.50 bits per heavy atom. The maximum Gasteiger partial charge on any atom is 0.335 e. The Labute approximate surface area is 83.6 Å². The van der Waals surface area contributed by atoms with E-state index >= 15 is 0 Å². The lowest BCUT2D eigenvalue weighted by Gasteiger charge is -2.09. The average molecular weight is 193 g/mol. The summed E-state index contributed by atoms with van der Waals surface area (Å²) in [5.41, 5.74) is 7.39. The Balaban J connectivity index is 3.09. The van der Waals surface area contributed by atoms with Crippen molar-refractivity contribution < 1.29 is 9.90 Å². The second kappa shape index (κ2) is 4.13. The van der Waals surface area contributed by atoms with Crippen LogP contribution in [0.5, 0.6) is 0 Å². The van der Waals surface area contributed by atoms with E-state index in [4.69, 9.17) is 10.8 Å². The molecule has 3 N–H and O–H groups in total. The minimum Gasteiger partial charge on any atom is -0.478 e.